The van der Waals surface area contributed by atoms with E-state index in [1.165, 1.54) is 14.2 Å². The standard InChI is InChI=1S/C34H30N4O6/c1-43-30(39)16-18-34(25-13-7-9-15-28(25)38(33(34)42)22-10-4-3-5-11-22)36-32(41)26-20-24-23-12-6-8-14-27(23)37(29(24)21-35-26)19-17-31(40)44-2/h3-15,20-21H,16-19H2,1-2H3,(H,36,41). The zero-order chi connectivity index (χ0) is 30.8. The van der Waals surface area contributed by atoms with Gasteiger partial charge in [-0.05, 0) is 36.8 Å². The molecule has 0 saturated heterocycles. The molecule has 2 aromatic heterocycles. The van der Waals surface area contributed by atoms with Gasteiger partial charge in [-0.1, -0.05) is 54.6 Å². The van der Waals surface area contributed by atoms with E-state index in [-0.39, 0.29) is 36.8 Å². The van der Waals surface area contributed by atoms with E-state index < -0.39 is 17.4 Å². The molecule has 10 nitrogen and oxygen atoms in total. The lowest BCUT2D eigenvalue weighted by molar-refractivity contribution is -0.142. The highest BCUT2D eigenvalue weighted by Crippen LogP contribution is 2.46. The maximum absolute atomic E-state index is 14.4. The second-order valence-corrected chi connectivity index (χ2v) is 10.5. The van der Waals surface area contributed by atoms with Gasteiger partial charge in [-0.2, -0.15) is 0 Å². The monoisotopic (exact) mass is 590 g/mol. The van der Waals surface area contributed by atoms with Crippen LogP contribution in [0.4, 0.5) is 11.4 Å². The normalized spacial score (nSPS) is 15.8. The second-order valence-electron chi connectivity index (χ2n) is 10.5. The summed E-state index contributed by atoms with van der Waals surface area (Å²) in [6, 6.07) is 25.8. The van der Waals surface area contributed by atoms with Crippen LogP contribution in [0.2, 0.25) is 0 Å². The molecule has 0 radical (unpaired) electrons. The number of aromatic nitrogens is 2. The van der Waals surface area contributed by atoms with Crippen LogP contribution < -0.4 is 10.2 Å². The van der Waals surface area contributed by atoms with Crippen LogP contribution in [0.5, 0.6) is 0 Å². The number of aryl methyl sites for hydroxylation is 1. The predicted molar refractivity (Wildman–Crippen MR) is 164 cm³/mol. The third-order valence-corrected chi connectivity index (χ3v) is 8.10. The maximum atomic E-state index is 14.4. The molecular formula is C34H30N4O6. The molecule has 1 unspecified atom stereocenters. The number of benzene rings is 3. The lowest BCUT2D eigenvalue weighted by Crippen LogP contribution is -2.52. The van der Waals surface area contributed by atoms with E-state index >= 15 is 0 Å². The third-order valence-electron chi connectivity index (χ3n) is 8.10. The summed E-state index contributed by atoms with van der Waals surface area (Å²) in [6.45, 7) is 0.376. The number of rotatable bonds is 9. The Bertz CT molecular complexity index is 1920. The first-order valence-electron chi connectivity index (χ1n) is 14.2. The molecule has 0 aliphatic carbocycles. The van der Waals surface area contributed by atoms with Crippen LogP contribution in [0.3, 0.4) is 0 Å². The average Bonchev–Trinajstić information content (AvgIpc) is 3.51. The summed E-state index contributed by atoms with van der Waals surface area (Å²) in [7, 11) is 2.64. The van der Waals surface area contributed by atoms with Crippen LogP contribution in [0, 0.1) is 0 Å². The largest absolute Gasteiger partial charge is 0.469 e. The summed E-state index contributed by atoms with van der Waals surface area (Å²) in [5, 5.41) is 4.66. The van der Waals surface area contributed by atoms with Crippen LogP contribution in [0.15, 0.2) is 91.1 Å². The molecule has 44 heavy (non-hydrogen) atoms. The summed E-state index contributed by atoms with van der Waals surface area (Å²) in [5.41, 5.74) is 2.02. The summed E-state index contributed by atoms with van der Waals surface area (Å²) < 4.78 is 11.7. The maximum Gasteiger partial charge on any atom is 0.307 e. The molecule has 2 amide bonds. The quantitative estimate of drug-likeness (QED) is 0.240. The minimum Gasteiger partial charge on any atom is -0.469 e. The Morgan fingerprint density at radius 2 is 1.50 bits per heavy atom. The van der Waals surface area contributed by atoms with Gasteiger partial charge in [0.1, 0.15) is 11.2 Å². The molecule has 1 atom stereocenters. The minimum atomic E-state index is -1.55. The number of hydrogen-bond donors (Lipinski definition) is 1. The van der Waals surface area contributed by atoms with Gasteiger partial charge in [0.2, 0.25) is 0 Å². The number of esters is 2. The molecular weight excluding hydrogens is 560 g/mol. The first-order chi connectivity index (χ1) is 21.4. The van der Waals surface area contributed by atoms with Gasteiger partial charge in [-0.15, -0.1) is 0 Å². The summed E-state index contributed by atoms with van der Waals surface area (Å²) >= 11 is 0. The molecule has 3 aromatic carbocycles. The average molecular weight is 591 g/mol. The highest BCUT2D eigenvalue weighted by Gasteiger charge is 2.52. The van der Waals surface area contributed by atoms with E-state index in [1.54, 1.807) is 29.3 Å². The van der Waals surface area contributed by atoms with E-state index in [1.807, 2.05) is 71.3 Å². The predicted octanol–water partition coefficient (Wildman–Crippen LogP) is 5.01. The SMILES string of the molecule is COC(=O)CCn1c2ccccc2c2cc(C(=O)NC3(CCC(=O)OC)C(=O)N(c4ccccc4)c4ccccc43)ncc21. The number of fused-ring (bicyclic) bond motifs is 4. The number of anilines is 2. The number of para-hydroxylation sites is 3. The zero-order valence-electron chi connectivity index (χ0n) is 24.3. The number of carbonyl (C=O) groups excluding carboxylic acids is 4. The Morgan fingerprint density at radius 1 is 0.818 bits per heavy atom. The number of methoxy groups -OCH3 is 2. The topological polar surface area (TPSA) is 120 Å². The minimum absolute atomic E-state index is 0.0142. The highest BCUT2D eigenvalue weighted by atomic mass is 16.5. The van der Waals surface area contributed by atoms with Crippen molar-refractivity contribution >= 4 is 56.9 Å². The summed E-state index contributed by atoms with van der Waals surface area (Å²) in [5.74, 6) is -1.78. The Balaban J connectivity index is 1.42. The number of nitrogens with zero attached hydrogens (tertiary/aromatic N) is 3. The molecule has 0 fully saturated rings. The van der Waals surface area contributed by atoms with Crippen molar-refractivity contribution in [3.8, 4) is 0 Å². The van der Waals surface area contributed by atoms with Crippen LogP contribution in [0.1, 0.15) is 35.3 Å². The molecule has 3 heterocycles. The van der Waals surface area contributed by atoms with Crippen molar-refractivity contribution < 1.29 is 28.7 Å². The number of hydrogen-bond acceptors (Lipinski definition) is 7. The van der Waals surface area contributed by atoms with E-state index in [2.05, 4.69) is 10.3 Å². The van der Waals surface area contributed by atoms with Gasteiger partial charge in [-0.3, -0.25) is 24.1 Å². The van der Waals surface area contributed by atoms with E-state index in [0.717, 1.165) is 21.8 Å². The van der Waals surface area contributed by atoms with Crippen molar-refractivity contribution in [1.82, 2.24) is 14.9 Å². The molecule has 6 rings (SSSR count). The van der Waals surface area contributed by atoms with E-state index in [4.69, 9.17) is 9.47 Å². The zero-order valence-corrected chi connectivity index (χ0v) is 24.3. The number of carbonyl (C=O) groups is 4. The van der Waals surface area contributed by atoms with Crippen molar-refractivity contribution in [1.29, 1.82) is 0 Å². The Morgan fingerprint density at radius 3 is 2.27 bits per heavy atom. The molecule has 0 saturated carbocycles. The first-order valence-corrected chi connectivity index (χ1v) is 14.2. The highest BCUT2D eigenvalue weighted by molar-refractivity contribution is 6.15. The van der Waals surface area contributed by atoms with Gasteiger partial charge in [0.15, 0.2) is 0 Å². The first kappa shape index (κ1) is 28.6. The van der Waals surface area contributed by atoms with Crippen molar-refractivity contribution in [2.24, 2.45) is 0 Å². The Hall–Kier alpha value is -5.51. The number of amides is 2. The van der Waals surface area contributed by atoms with Crippen molar-refractivity contribution in [2.75, 3.05) is 19.1 Å². The van der Waals surface area contributed by atoms with E-state index in [0.29, 0.717) is 23.5 Å². The number of ether oxygens (including phenoxy) is 2. The number of nitrogens with one attached hydrogen (secondary N) is 1. The third kappa shape index (κ3) is 4.84. The second kappa shape index (κ2) is 11.6. The summed E-state index contributed by atoms with van der Waals surface area (Å²) in [6.07, 6.45) is 1.66. The fourth-order valence-corrected chi connectivity index (χ4v) is 5.97. The van der Waals surface area contributed by atoms with Crippen LogP contribution >= 0.6 is 0 Å². The van der Waals surface area contributed by atoms with Crippen LogP contribution in [-0.2, 0) is 35.9 Å². The van der Waals surface area contributed by atoms with Gasteiger partial charge in [-0.25, -0.2) is 4.98 Å². The molecule has 5 aromatic rings. The van der Waals surface area contributed by atoms with Gasteiger partial charge >= 0.3 is 11.9 Å². The smallest absolute Gasteiger partial charge is 0.307 e. The number of pyridine rings is 1. The van der Waals surface area contributed by atoms with Crippen molar-refractivity contribution in [2.45, 2.75) is 31.3 Å². The molecule has 222 valence electrons. The molecule has 1 N–H and O–H groups in total. The Labute approximate surface area is 253 Å². The molecule has 10 heteroatoms. The molecule has 0 bridgehead atoms. The van der Waals surface area contributed by atoms with Gasteiger partial charge in [0.25, 0.3) is 11.8 Å². The lowest BCUT2D eigenvalue weighted by Gasteiger charge is -2.30. The van der Waals surface area contributed by atoms with Crippen LogP contribution in [-0.4, -0.2) is 47.5 Å². The fraction of sp³-hybridized carbons (Fsp3) is 0.206. The Kier molecular flexibility index (Phi) is 7.57. The lowest BCUT2D eigenvalue weighted by atomic mass is 9.86. The fourth-order valence-electron chi connectivity index (χ4n) is 5.97. The van der Waals surface area contributed by atoms with Crippen molar-refractivity contribution in [3.63, 3.8) is 0 Å². The van der Waals surface area contributed by atoms with Gasteiger partial charge in [0, 0.05) is 40.5 Å². The van der Waals surface area contributed by atoms with Crippen molar-refractivity contribution in [3.05, 3.63) is 102 Å². The summed E-state index contributed by atoms with van der Waals surface area (Å²) in [4.78, 5) is 58.7. The van der Waals surface area contributed by atoms with Gasteiger partial charge < -0.3 is 19.4 Å². The molecule has 1 aliphatic heterocycles. The van der Waals surface area contributed by atoms with Gasteiger partial charge in [0.05, 0.1) is 38.0 Å². The molecule has 1 aliphatic rings. The molecule has 0 spiro atoms. The van der Waals surface area contributed by atoms with E-state index in [9.17, 15) is 19.2 Å². The van der Waals surface area contributed by atoms with Crippen LogP contribution in [0.25, 0.3) is 21.8 Å².